The van der Waals surface area contributed by atoms with Crippen LogP contribution in [0.3, 0.4) is 0 Å². The molecule has 4 heterocycles. The Bertz CT molecular complexity index is 990. The van der Waals surface area contributed by atoms with Crippen LogP contribution in [0.2, 0.25) is 0 Å². The highest BCUT2D eigenvalue weighted by Crippen LogP contribution is 2.15. The van der Waals surface area contributed by atoms with E-state index in [-0.39, 0.29) is 0 Å². The van der Waals surface area contributed by atoms with E-state index in [1.54, 1.807) is 12.7 Å². The Hall–Kier alpha value is -3.38. The smallest absolute Gasteiger partial charge is 0.182 e. The molecule has 4 aromatic rings. The first-order chi connectivity index (χ1) is 16.8. The van der Waals surface area contributed by atoms with E-state index in [1.807, 2.05) is 0 Å². The number of rotatable bonds is 14. The van der Waals surface area contributed by atoms with Gasteiger partial charge < -0.3 is 32.1 Å². The summed E-state index contributed by atoms with van der Waals surface area (Å²) in [5, 5.41) is 6.59. The molecule has 0 aromatic carbocycles. The molecular weight excluding hydrogens is 432 g/mol. The molecule has 0 aliphatic carbocycles. The normalized spacial score (nSPS) is 10.9. The number of nitrogens with two attached hydrogens (primary N) is 2. The van der Waals surface area contributed by atoms with Crippen LogP contribution >= 0.6 is 0 Å². The molecule has 12 nitrogen and oxygen atoms in total. The van der Waals surface area contributed by atoms with Crippen molar-refractivity contribution < 1.29 is 0 Å². The Morgan fingerprint density at radius 1 is 0.559 bits per heavy atom. The number of nitrogens with one attached hydrogen (secondary N) is 4. The number of imidazole rings is 2. The van der Waals surface area contributed by atoms with Crippen molar-refractivity contribution in [2.75, 3.05) is 36.8 Å². The van der Waals surface area contributed by atoms with Crippen LogP contribution in [0.25, 0.3) is 22.3 Å². The van der Waals surface area contributed by atoms with Gasteiger partial charge in [-0.25, -0.2) is 29.9 Å². The molecule has 0 aliphatic heterocycles. The maximum absolute atomic E-state index is 5.44. The molecule has 8 N–H and O–H groups in total. The van der Waals surface area contributed by atoms with E-state index in [9.17, 15) is 0 Å². The number of fused-ring (bicyclic) bond motifs is 2. The zero-order chi connectivity index (χ0) is 23.8. The first kappa shape index (κ1) is 25.2. The molecule has 0 atom stereocenters. The first-order valence-electron chi connectivity index (χ1n) is 12.0. The third-order valence-electron chi connectivity index (χ3n) is 5.29. The third kappa shape index (κ3) is 7.89. The number of anilines is 2. The van der Waals surface area contributed by atoms with Gasteiger partial charge in [0.2, 0.25) is 0 Å². The second-order valence-corrected chi connectivity index (χ2v) is 7.91. The molecule has 0 fully saturated rings. The Balaban J connectivity index is 0.000000191. The standard InChI is InChI=1S/2C11H18N6/c2*12-5-3-1-2-4-6-13-10-9-11(15-7-14-9)17-8-16-10/h2*7-8H,1-6,12H2,(H2,13,14,15,16,17). The molecule has 0 saturated heterocycles. The van der Waals surface area contributed by atoms with Crippen LogP contribution in [-0.2, 0) is 0 Å². The highest BCUT2D eigenvalue weighted by Gasteiger charge is 2.05. The molecule has 0 saturated carbocycles. The van der Waals surface area contributed by atoms with Gasteiger partial charge in [0.05, 0.1) is 12.7 Å². The van der Waals surface area contributed by atoms with Crippen molar-refractivity contribution in [1.82, 2.24) is 39.9 Å². The first-order valence-corrected chi connectivity index (χ1v) is 12.0. The Kier molecular flexibility index (Phi) is 10.9. The molecule has 0 radical (unpaired) electrons. The topological polar surface area (TPSA) is 185 Å². The summed E-state index contributed by atoms with van der Waals surface area (Å²) in [6, 6.07) is 0. The van der Waals surface area contributed by atoms with Crippen LogP contribution in [-0.4, -0.2) is 66.1 Å². The van der Waals surface area contributed by atoms with E-state index in [4.69, 9.17) is 11.5 Å². The average molecular weight is 469 g/mol. The van der Waals surface area contributed by atoms with Crippen molar-refractivity contribution in [3.05, 3.63) is 25.3 Å². The summed E-state index contributed by atoms with van der Waals surface area (Å²) < 4.78 is 0. The van der Waals surface area contributed by atoms with Crippen molar-refractivity contribution in [3.63, 3.8) is 0 Å². The van der Waals surface area contributed by atoms with E-state index >= 15 is 0 Å². The molecule has 0 spiro atoms. The second-order valence-electron chi connectivity index (χ2n) is 7.91. The van der Waals surface area contributed by atoms with Gasteiger partial charge in [0.25, 0.3) is 0 Å². The summed E-state index contributed by atoms with van der Waals surface area (Å²) >= 11 is 0. The molecule has 0 amide bonds. The number of unbranched alkanes of at least 4 members (excludes halogenated alkanes) is 6. The lowest BCUT2D eigenvalue weighted by atomic mass is 10.2. The van der Waals surface area contributed by atoms with E-state index in [0.29, 0.717) is 11.3 Å². The van der Waals surface area contributed by atoms with E-state index in [0.717, 1.165) is 74.5 Å². The minimum absolute atomic E-state index is 0.700. The third-order valence-corrected chi connectivity index (χ3v) is 5.29. The minimum Gasteiger partial charge on any atom is -0.368 e. The number of nitrogens with zero attached hydrogens (tertiary/aromatic N) is 6. The molecule has 34 heavy (non-hydrogen) atoms. The Morgan fingerprint density at radius 3 is 1.44 bits per heavy atom. The van der Waals surface area contributed by atoms with Gasteiger partial charge in [-0.3, -0.25) is 0 Å². The summed E-state index contributed by atoms with van der Waals surface area (Å²) in [7, 11) is 0. The largest absolute Gasteiger partial charge is 0.368 e. The van der Waals surface area contributed by atoms with Gasteiger partial charge in [-0.1, -0.05) is 25.7 Å². The van der Waals surface area contributed by atoms with E-state index in [2.05, 4.69) is 50.5 Å². The lowest BCUT2D eigenvalue weighted by molar-refractivity contribution is 0.661. The number of hydrogen-bond donors (Lipinski definition) is 6. The second kappa shape index (κ2) is 14.7. The maximum Gasteiger partial charge on any atom is 0.182 e. The molecular formula is C22H36N12. The van der Waals surface area contributed by atoms with Crippen molar-refractivity contribution >= 4 is 34.0 Å². The van der Waals surface area contributed by atoms with Crippen LogP contribution in [0, 0.1) is 0 Å². The fourth-order valence-electron chi connectivity index (χ4n) is 3.46. The molecule has 0 unspecified atom stereocenters. The van der Waals surface area contributed by atoms with Crippen LogP contribution in [0.1, 0.15) is 51.4 Å². The summed E-state index contributed by atoms with van der Waals surface area (Å²) in [5.41, 5.74) is 14.0. The lowest BCUT2D eigenvalue weighted by Crippen LogP contribution is -2.05. The Morgan fingerprint density at radius 2 is 1.00 bits per heavy atom. The van der Waals surface area contributed by atoms with Gasteiger partial charge in [-0.05, 0) is 38.8 Å². The van der Waals surface area contributed by atoms with Gasteiger partial charge in [0.1, 0.15) is 23.7 Å². The van der Waals surface area contributed by atoms with E-state index in [1.165, 1.54) is 38.3 Å². The van der Waals surface area contributed by atoms with Crippen LogP contribution < -0.4 is 22.1 Å². The number of H-pyrrole nitrogens is 2. The zero-order valence-electron chi connectivity index (χ0n) is 19.6. The molecule has 12 heteroatoms. The summed E-state index contributed by atoms with van der Waals surface area (Å²) in [6.07, 6.45) is 15.6. The van der Waals surface area contributed by atoms with Gasteiger partial charge in [0.15, 0.2) is 22.9 Å². The van der Waals surface area contributed by atoms with Crippen LogP contribution in [0.5, 0.6) is 0 Å². The van der Waals surface area contributed by atoms with Gasteiger partial charge in [0, 0.05) is 13.1 Å². The highest BCUT2D eigenvalue weighted by molar-refractivity contribution is 5.82. The molecule has 184 valence electrons. The van der Waals surface area contributed by atoms with Crippen molar-refractivity contribution in [2.45, 2.75) is 51.4 Å². The Labute approximate surface area is 199 Å². The predicted octanol–water partition coefficient (Wildman–Crippen LogP) is 2.57. The zero-order valence-corrected chi connectivity index (χ0v) is 19.6. The molecule has 0 bridgehead atoms. The van der Waals surface area contributed by atoms with Crippen LogP contribution in [0.4, 0.5) is 11.6 Å². The van der Waals surface area contributed by atoms with Crippen molar-refractivity contribution in [1.29, 1.82) is 0 Å². The van der Waals surface area contributed by atoms with Crippen molar-refractivity contribution in [2.24, 2.45) is 11.5 Å². The summed E-state index contributed by atoms with van der Waals surface area (Å²) in [5.74, 6) is 1.65. The van der Waals surface area contributed by atoms with Gasteiger partial charge in [-0.2, -0.15) is 0 Å². The average Bonchev–Trinajstić information content (AvgIpc) is 3.54. The maximum atomic E-state index is 5.44. The predicted molar refractivity (Wildman–Crippen MR) is 135 cm³/mol. The summed E-state index contributed by atoms with van der Waals surface area (Å²) in [4.78, 5) is 30.8. The molecule has 4 rings (SSSR count). The lowest BCUT2D eigenvalue weighted by Gasteiger charge is -2.05. The monoisotopic (exact) mass is 468 g/mol. The highest BCUT2D eigenvalue weighted by atomic mass is 15.1. The molecule has 4 aromatic heterocycles. The quantitative estimate of drug-likeness (QED) is 0.150. The van der Waals surface area contributed by atoms with Crippen LogP contribution in [0.15, 0.2) is 25.3 Å². The van der Waals surface area contributed by atoms with Crippen molar-refractivity contribution in [3.8, 4) is 0 Å². The molecule has 0 aliphatic rings. The number of aromatic nitrogens is 8. The summed E-state index contributed by atoms with van der Waals surface area (Å²) in [6.45, 7) is 3.40. The fourth-order valence-corrected chi connectivity index (χ4v) is 3.46. The van der Waals surface area contributed by atoms with Gasteiger partial charge >= 0.3 is 0 Å². The minimum atomic E-state index is 0.700. The SMILES string of the molecule is NCCCCCCNc1ncnc2nc[nH]c12.NCCCCCCNc1ncnc2nc[nH]c12. The van der Waals surface area contributed by atoms with Gasteiger partial charge in [-0.15, -0.1) is 0 Å². The fraction of sp³-hybridized carbons (Fsp3) is 0.545. The number of aromatic amines is 2. The van der Waals surface area contributed by atoms with E-state index < -0.39 is 0 Å². The number of hydrogen-bond acceptors (Lipinski definition) is 10.